The zero-order chi connectivity index (χ0) is 11.7. The van der Waals surface area contributed by atoms with Gasteiger partial charge in [0, 0.05) is 19.8 Å². The lowest BCUT2D eigenvalue weighted by Gasteiger charge is -2.22. The van der Waals surface area contributed by atoms with E-state index in [1.54, 1.807) is 6.20 Å². The van der Waals surface area contributed by atoms with Gasteiger partial charge in [-0.3, -0.25) is 0 Å². The van der Waals surface area contributed by atoms with Crippen molar-refractivity contribution in [1.29, 1.82) is 0 Å². The minimum absolute atomic E-state index is 0.683. The zero-order valence-corrected chi connectivity index (χ0v) is 10.3. The van der Waals surface area contributed by atoms with Gasteiger partial charge < -0.3 is 10.6 Å². The third kappa shape index (κ3) is 2.21. The highest BCUT2D eigenvalue weighted by Crippen LogP contribution is 2.48. The molecule has 2 saturated carbocycles. The second-order valence-electron chi connectivity index (χ2n) is 5.33. The van der Waals surface area contributed by atoms with E-state index in [1.165, 1.54) is 25.7 Å². The Hall–Kier alpha value is -1.32. The summed E-state index contributed by atoms with van der Waals surface area (Å²) < 4.78 is 0. The summed E-state index contributed by atoms with van der Waals surface area (Å²) in [5.74, 6) is 4.47. The average Bonchev–Trinajstić information content (AvgIpc) is 2.99. The highest BCUT2D eigenvalue weighted by Gasteiger charge is 2.39. The van der Waals surface area contributed by atoms with E-state index in [2.05, 4.69) is 20.6 Å². The van der Waals surface area contributed by atoms with Crippen LogP contribution in [0.25, 0.3) is 0 Å². The van der Waals surface area contributed by atoms with Crippen LogP contribution in [0.2, 0.25) is 0 Å². The summed E-state index contributed by atoms with van der Waals surface area (Å²) >= 11 is 0. The summed E-state index contributed by atoms with van der Waals surface area (Å²) in [6.45, 7) is 1.07. The molecule has 0 saturated heterocycles. The van der Waals surface area contributed by atoms with Gasteiger partial charge in [-0.1, -0.05) is 6.42 Å². The average molecular weight is 232 g/mol. The van der Waals surface area contributed by atoms with Crippen LogP contribution in [0.3, 0.4) is 0 Å². The molecule has 92 valence electrons. The van der Waals surface area contributed by atoms with Crippen LogP contribution in [0.1, 0.15) is 25.7 Å². The highest BCUT2D eigenvalue weighted by atomic mass is 15.1. The van der Waals surface area contributed by atoms with Crippen molar-refractivity contribution in [3.8, 4) is 0 Å². The summed E-state index contributed by atoms with van der Waals surface area (Å²) in [7, 11) is 1.84. The minimum Gasteiger partial charge on any atom is -0.370 e. The molecule has 3 unspecified atom stereocenters. The Morgan fingerprint density at radius 3 is 3.00 bits per heavy atom. The van der Waals surface area contributed by atoms with E-state index in [0.29, 0.717) is 5.95 Å². The van der Waals surface area contributed by atoms with E-state index in [-0.39, 0.29) is 0 Å². The summed E-state index contributed by atoms with van der Waals surface area (Å²) in [5.41, 5.74) is 0. The normalized spacial score (nSPS) is 30.5. The first-order valence-corrected chi connectivity index (χ1v) is 6.60. The third-order valence-corrected chi connectivity index (χ3v) is 4.31. The maximum absolute atomic E-state index is 4.38. The molecule has 0 aliphatic heterocycles. The lowest BCUT2D eigenvalue weighted by atomic mass is 9.89. The number of anilines is 2. The number of fused-ring (bicyclic) bond motifs is 2. The number of hydrogen-bond donors (Lipinski definition) is 2. The van der Waals surface area contributed by atoms with E-state index in [9.17, 15) is 0 Å². The Kier molecular flexibility index (Phi) is 2.87. The molecule has 1 aromatic rings. The molecular formula is C13H20N4. The van der Waals surface area contributed by atoms with Crippen LogP contribution in [-0.2, 0) is 0 Å². The van der Waals surface area contributed by atoms with Gasteiger partial charge in [0.1, 0.15) is 5.82 Å². The summed E-state index contributed by atoms with van der Waals surface area (Å²) in [6.07, 6.45) is 7.60. The number of rotatable bonds is 4. The van der Waals surface area contributed by atoms with E-state index in [4.69, 9.17) is 0 Å². The van der Waals surface area contributed by atoms with Gasteiger partial charge in [-0.2, -0.15) is 4.98 Å². The fourth-order valence-electron chi connectivity index (χ4n) is 3.44. The van der Waals surface area contributed by atoms with Gasteiger partial charge in [0.25, 0.3) is 0 Å². The fourth-order valence-corrected chi connectivity index (χ4v) is 3.44. The van der Waals surface area contributed by atoms with Gasteiger partial charge in [-0.15, -0.1) is 0 Å². The third-order valence-electron chi connectivity index (χ3n) is 4.31. The molecule has 4 nitrogen and oxygen atoms in total. The molecule has 2 aliphatic rings. The summed E-state index contributed by atoms with van der Waals surface area (Å²) in [4.78, 5) is 8.49. The number of nitrogens with zero attached hydrogens (tertiary/aromatic N) is 2. The molecule has 0 aromatic carbocycles. The monoisotopic (exact) mass is 232 g/mol. The second-order valence-corrected chi connectivity index (χ2v) is 5.33. The summed E-state index contributed by atoms with van der Waals surface area (Å²) in [6, 6.07) is 1.94. The van der Waals surface area contributed by atoms with Gasteiger partial charge in [-0.25, -0.2) is 4.98 Å². The van der Waals surface area contributed by atoms with Crippen molar-refractivity contribution in [2.75, 3.05) is 24.2 Å². The largest absolute Gasteiger partial charge is 0.370 e. The molecule has 2 bridgehead atoms. The number of hydrogen-bond acceptors (Lipinski definition) is 4. The smallest absolute Gasteiger partial charge is 0.224 e. The highest BCUT2D eigenvalue weighted by molar-refractivity contribution is 5.39. The molecule has 1 aromatic heterocycles. The Morgan fingerprint density at radius 1 is 1.35 bits per heavy atom. The quantitative estimate of drug-likeness (QED) is 0.836. The molecule has 1 heterocycles. The standard InChI is InChI=1S/C13H20N4/c1-14-13-15-5-4-12(17-13)16-8-11-7-9-2-3-10(11)6-9/h4-5,9-11H,2-3,6-8H2,1H3,(H2,14,15,16,17). The van der Waals surface area contributed by atoms with Crippen LogP contribution in [0.5, 0.6) is 0 Å². The van der Waals surface area contributed by atoms with Crippen molar-refractivity contribution in [2.45, 2.75) is 25.7 Å². The molecule has 17 heavy (non-hydrogen) atoms. The summed E-state index contributed by atoms with van der Waals surface area (Å²) in [5, 5.41) is 6.42. The molecular weight excluding hydrogens is 212 g/mol. The van der Waals surface area contributed by atoms with Crippen molar-refractivity contribution in [3.63, 3.8) is 0 Å². The molecule has 2 aliphatic carbocycles. The van der Waals surface area contributed by atoms with Crippen molar-refractivity contribution >= 4 is 11.8 Å². The first-order chi connectivity index (χ1) is 8.35. The lowest BCUT2D eigenvalue weighted by Crippen LogP contribution is -2.20. The van der Waals surface area contributed by atoms with Crippen LogP contribution in [0.15, 0.2) is 12.3 Å². The van der Waals surface area contributed by atoms with E-state index >= 15 is 0 Å². The number of nitrogens with one attached hydrogen (secondary N) is 2. The Labute approximate surface area is 102 Å². The Morgan fingerprint density at radius 2 is 2.29 bits per heavy atom. The van der Waals surface area contributed by atoms with Gasteiger partial charge in [0.2, 0.25) is 5.95 Å². The minimum atomic E-state index is 0.683. The van der Waals surface area contributed by atoms with Crippen LogP contribution in [-0.4, -0.2) is 23.6 Å². The molecule has 2 N–H and O–H groups in total. The van der Waals surface area contributed by atoms with Crippen LogP contribution >= 0.6 is 0 Å². The lowest BCUT2D eigenvalue weighted by molar-refractivity contribution is 0.348. The molecule has 0 amide bonds. The predicted molar refractivity (Wildman–Crippen MR) is 69.0 cm³/mol. The molecule has 0 spiro atoms. The van der Waals surface area contributed by atoms with Crippen molar-refractivity contribution in [3.05, 3.63) is 12.3 Å². The molecule has 0 radical (unpaired) electrons. The van der Waals surface area contributed by atoms with E-state index < -0.39 is 0 Å². The van der Waals surface area contributed by atoms with Crippen molar-refractivity contribution < 1.29 is 0 Å². The van der Waals surface area contributed by atoms with Gasteiger partial charge in [0.05, 0.1) is 0 Å². The maximum Gasteiger partial charge on any atom is 0.224 e. The first kappa shape index (κ1) is 10.8. The van der Waals surface area contributed by atoms with Crippen LogP contribution < -0.4 is 10.6 Å². The SMILES string of the molecule is CNc1nccc(NCC2CC3CCC2C3)n1. The van der Waals surface area contributed by atoms with Crippen molar-refractivity contribution in [1.82, 2.24) is 9.97 Å². The first-order valence-electron chi connectivity index (χ1n) is 6.60. The number of aromatic nitrogens is 2. The predicted octanol–water partition coefficient (Wildman–Crippen LogP) is 2.37. The van der Waals surface area contributed by atoms with Crippen LogP contribution in [0.4, 0.5) is 11.8 Å². The Bertz CT molecular complexity index is 393. The van der Waals surface area contributed by atoms with Gasteiger partial charge in [-0.05, 0) is 43.1 Å². The Balaban J connectivity index is 1.56. The van der Waals surface area contributed by atoms with Crippen molar-refractivity contribution in [2.24, 2.45) is 17.8 Å². The van der Waals surface area contributed by atoms with Gasteiger partial charge in [0.15, 0.2) is 0 Å². The van der Waals surface area contributed by atoms with E-state index in [0.717, 1.165) is 30.1 Å². The topological polar surface area (TPSA) is 49.8 Å². The van der Waals surface area contributed by atoms with Crippen LogP contribution in [0, 0.1) is 17.8 Å². The second kappa shape index (κ2) is 4.51. The van der Waals surface area contributed by atoms with E-state index in [1.807, 2.05) is 13.1 Å². The molecule has 3 rings (SSSR count). The molecule has 4 heteroatoms. The van der Waals surface area contributed by atoms with Gasteiger partial charge >= 0.3 is 0 Å². The molecule has 3 atom stereocenters. The zero-order valence-electron chi connectivity index (χ0n) is 10.3. The molecule has 2 fully saturated rings. The maximum atomic E-state index is 4.38. The fraction of sp³-hybridized carbons (Fsp3) is 0.692.